The van der Waals surface area contributed by atoms with Crippen LogP contribution in [0.1, 0.15) is 10.4 Å². The van der Waals surface area contributed by atoms with Crippen LogP contribution in [0.4, 0.5) is 10.1 Å². The molecule has 0 spiro atoms. The highest BCUT2D eigenvalue weighted by Gasteiger charge is 2.24. The number of hydrogen-bond acceptors (Lipinski definition) is 4. The van der Waals surface area contributed by atoms with Gasteiger partial charge in [0.25, 0.3) is 11.6 Å². The third-order valence-corrected chi connectivity index (χ3v) is 2.76. The molecule has 110 valence electrons. The minimum atomic E-state index is -0.786. The van der Waals surface area contributed by atoms with E-state index >= 15 is 0 Å². The molecule has 0 aliphatic heterocycles. The third kappa shape index (κ3) is 4.14. The fraction of sp³-hybridized carbons (Fsp3) is 0.417. The molecule has 1 rings (SSSR count). The molecule has 0 unspecified atom stereocenters. The number of nitro groups is 1. The molecular weight excluding hydrogens is 291 g/mol. The second-order valence-electron chi connectivity index (χ2n) is 3.89. The second-order valence-corrected chi connectivity index (χ2v) is 4.27. The minimum Gasteiger partial charge on any atom is -0.383 e. The lowest BCUT2D eigenvalue weighted by molar-refractivity contribution is -0.385. The van der Waals surface area contributed by atoms with Crippen molar-refractivity contribution in [3.8, 4) is 0 Å². The molecule has 0 saturated carbocycles. The van der Waals surface area contributed by atoms with Crippen LogP contribution in [0.2, 0.25) is 0 Å². The summed E-state index contributed by atoms with van der Waals surface area (Å²) in [6.45, 7) is 0.743. The van der Waals surface area contributed by atoms with Crippen molar-refractivity contribution in [3.05, 3.63) is 39.7 Å². The van der Waals surface area contributed by atoms with Gasteiger partial charge in [-0.25, -0.2) is 4.39 Å². The maximum absolute atomic E-state index is 13.1. The van der Waals surface area contributed by atoms with Gasteiger partial charge >= 0.3 is 0 Å². The monoisotopic (exact) mass is 304 g/mol. The standard InChI is InChI=1S/C12H14ClFN2O4/c1-20-7-6-15(5-4-13)12(17)10-3-2-9(14)8-11(10)16(18)19/h2-3,8H,4-7H2,1H3. The SMILES string of the molecule is COCCN(CCCl)C(=O)c1ccc(F)cc1[N+](=O)[O-]. The van der Waals surface area contributed by atoms with E-state index in [0.29, 0.717) is 0 Å². The lowest BCUT2D eigenvalue weighted by Gasteiger charge is -2.21. The maximum Gasteiger partial charge on any atom is 0.285 e. The van der Waals surface area contributed by atoms with Crippen molar-refractivity contribution in [1.29, 1.82) is 0 Å². The molecule has 8 heteroatoms. The van der Waals surface area contributed by atoms with Gasteiger partial charge in [-0.1, -0.05) is 0 Å². The van der Waals surface area contributed by atoms with E-state index in [-0.39, 0.29) is 31.1 Å². The van der Waals surface area contributed by atoms with E-state index in [2.05, 4.69) is 0 Å². The first-order chi connectivity index (χ1) is 9.51. The lowest BCUT2D eigenvalue weighted by Crippen LogP contribution is -2.35. The second kappa shape index (κ2) is 7.76. The predicted octanol–water partition coefficient (Wildman–Crippen LogP) is 2.06. The van der Waals surface area contributed by atoms with Gasteiger partial charge in [0.1, 0.15) is 11.4 Å². The molecule has 1 aromatic rings. The Balaban J connectivity index is 3.07. The van der Waals surface area contributed by atoms with E-state index in [4.69, 9.17) is 16.3 Å². The van der Waals surface area contributed by atoms with Crippen LogP contribution in [0, 0.1) is 15.9 Å². The first-order valence-corrected chi connectivity index (χ1v) is 6.32. The highest BCUT2D eigenvalue weighted by Crippen LogP contribution is 2.21. The van der Waals surface area contributed by atoms with Gasteiger partial charge in [0.15, 0.2) is 0 Å². The van der Waals surface area contributed by atoms with Crippen molar-refractivity contribution in [2.45, 2.75) is 0 Å². The van der Waals surface area contributed by atoms with Gasteiger partial charge in [-0.2, -0.15) is 0 Å². The summed E-state index contributed by atoms with van der Waals surface area (Å²) in [5.41, 5.74) is -0.732. The topological polar surface area (TPSA) is 72.7 Å². The average molecular weight is 305 g/mol. The van der Waals surface area contributed by atoms with Crippen molar-refractivity contribution in [1.82, 2.24) is 4.90 Å². The Kier molecular flexibility index (Phi) is 6.33. The van der Waals surface area contributed by atoms with Crippen LogP contribution >= 0.6 is 11.6 Å². The summed E-state index contributed by atoms with van der Waals surface area (Å²) >= 11 is 5.61. The molecule has 1 amide bonds. The van der Waals surface area contributed by atoms with Crippen LogP contribution in [0.5, 0.6) is 0 Å². The lowest BCUT2D eigenvalue weighted by atomic mass is 10.1. The van der Waals surface area contributed by atoms with Gasteiger partial charge in [-0.15, -0.1) is 11.6 Å². The zero-order chi connectivity index (χ0) is 15.1. The molecule has 0 atom stereocenters. The summed E-state index contributed by atoms with van der Waals surface area (Å²) in [7, 11) is 1.48. The fourth-order valence-corrected chi connectivity index (χ4v) is 1.83. The maximum atomic E-state index is 13.1. The van der Waals surface area contributed by atoms with Crippen molar-refractivity contribution < 1.29 is 18.8 Å². The number of ether oxygens (including phenoxy) is 1. The number of nitrogens with zero attached hydrogens (tertiary/aromatic N) is 2. The molecule has 0 bridgehead atoms. The number of carbonyl (C=O) groups is 1. The van der Waals surface area contributed by atoms with E-state index in [1.54, 1.807) is 0 Å². The molecule has 0 fully saturated rings. The normalized spacial score (nSPS) is 10.3. The number of amides is 1. The number of benzene rings is 1. The third-order valence-electron chi connectivity index (χ3n) is 2.59. The number of alkyl halides is 1. The number of methoxy groups -OCH3 is 1. The predicted molar refractivity (Wildman–Crippen MR) is 71.6 cm³/mol. The molecule has 1 aromatic carbocycles. The zero-order valence-corrected chi connectivity index (χ0v) is 11.6. The van der Waals surface area contributed by atoms with E-state index in [9.17, 15) is 19.3 Å². The van der Waals surface area contributed by atoms with Crippen molar-refractivity contribution in [3.63, 3.8) is 0 Å². The van der Waals surface area contributed by atoms with Crippen LogP contribution < -0.4 is 0 Å². The summed E-state index contributed by atoms with van der Waals surface area (Å²) in [6, 6.07) is 2.84. The molecule has 6 nitrogen and oxygen atoms in total. The number of rotatable bonds is 7. The Morgan fingerprint density at radius 2 is 2.20 bits per heavy atom. The highest BCUT2D eigenvalue weighted by molar-refractivity contribution is 6.18. The van der Waals surface area contributed by atoms with Gasteiger partial charge in [0, 0.05) is 26.1 Å². The van der Waals surface area contributed by atoms with Gasteiger partial charge < -0.3 is 9.64 Å². The first-order valence-electron chi connectivity index (χ1n) is 5.79. The number of nitro benzene ring substituents is 1. The van der Waals surface area contributed by atoms with E-state index in [1.165, 1.54) is 12.0 Å². The summed E-state index contributed by atoms with van der Waals surface area (Å²) < 4.78 is 17.9. The zero-order valence-electron chi connectivity index (χ0n) is 10.8. The Morgan fingerprint density at radius 1 is 1.50 bits per heavy atom. The van der Waals surface area contributed by atoms with E-state index < -0.39 is 22.3 Å². The molecule has 20 heavy (non-hydrogen) atoms. The van der Waals surface area contributed by atoms with Crippen molar-refractivity contribution in [2.75, 3.05) is 32.7 Å². The highest BCUT2D eigenvalue weighted by atomic mass is 35.5. The van der Waals surface area contributed by atoms with Gasteiger partial charge in [-0.05, 0) is 12.1 Å². The quantitative estimate of drug-likeness (QED) is 0.439. The van der Waals surface area contributed by atoms with Crippen LogP contribution in [-0.2, 0) is 4.74 Å². The summed E-state index contributed by atoms with van der Waals surface area (Å²) in [5, 5.41) is 10.9. The largest absolute Gasteiger partial charge is 0.383 e. The van der Waals surface area contributed by atoms with Crippen LogP contribution in [0.25, 0.3) is 0 Å². The number of hydrogen-bond donors (Lipinski definition) is 0. The molecule has 0 N–H and O–H groups in total. The average Bonchev–Trinajstić information content (AvgIpc) is 2.42. The summed E-state index contributed by atoms with van der Waals surface area (Å²) in [6.07, 6.45) is 0. The smallest absolute Gasteiger partial charge is 0.285 e. The molecule has 0 aliphatic rings. The minimum absolute atomic E-state index is 0.169. The van der Waals surface area contributed by atoms with Crippen LogP contribution in [0.15, 0.2) is 18.2 Å². The fourth-order valence-electron chi connectivity index (χ4n) is 1.63. The van der Waals surface area contributed by atoms with Gasteiger partial charge in [0.05, 0.1) is 17.6 Å². The summed E-state index contributed by atoms with van der Waals surface area (Å²) in [5.74, 6) is -1.16. The number of carbonyl (C=O) groups excluding carboxylic acids is 1. The van der Waals surface area contributed by atoms with Crippen molar-refractivity contribution >= 4 is 23.2 Å². The summed E-state index contributed by atoms with van der Waals surface area (Å²) in [4.78, 5) is 23.7. The van der Waals surface area contributed by atoms with Gasteiger partial charge in [0.2, 0.25) is 0 Å². The first kappa shape index (κ1) is 16.3. The molecule has 0 radical (unpaired) electrons. The number of halogens is 2. The molecule has 0 heterocycles. The Morgan fingerprint density at radius 3 is 2.75 bits per heavy atom. The Hall–Kier alpha value is -1.73. The molecule has 0 aliphatic carbocycles. The van der Waals surface area contributed by atoms with Crippen LogP contribution in [-0.4, -0.2) is 48.4 Å². The molecule has 0 aromatic heterocycles. The van der Waals surface area contributed by atoms with E-state index in [0.717, 1.165) is 18.2 Å². The Labute approximate surface area is 120 Å². The van der Waals surface area contributed by atoms with Gasteiger partial charge in [-0.3, -0.25) is 14.9 Å². The van der Waals surface area contributed by atoms with Crippen LogP contribution in [0.3, 0.4) is 0 Å². The van der Waals surface area contributed by atoms with Crippen molar-refractivity contribution in [2.24, 2.45) is 0 Å². The molecule has 0 saturated heterocycles. The van der Waals surface area contributed by atoms with E-state index in [1.807, 2.05) is 0 Å². The molecular formula is C12H14ClFN2O4. The Bertz CT molecular complexity index is 498.